The molecular formula is C23H14Cl2N2O3S. The van der Waals surface area contributed by atoms with Gasteiger partial charge in [0.25, 0.3) is 11.8 Å². The molecule has 0 radical (unpaired) electrons. The summed E-state index contributed by atoms with van der Waals surface area (Å²) < 4.78 is 5.77. The predicted octanol–water partition coefficient (Wildman–Crippen LogP) is 5.62. The Kier molecular flexibility index (Phi) is 6.04. The van der Waals surface area contributed by atoms with Crippen LogP contribution in [0.4, 0.5) is 5.69 Å². The Balaban J connectivity index is 1.61. The predicted molar refractivity (Wildman–Crippen MR) is 126 cm³/mol. The molecule has 1 heterocycles. The lowest BCUT2D eigenvalue weighted by Gasteiger charge is -2.29. The Hall–Kier alpha value is -3.19. The first-order chi connectivity index (χ1) is 14.9. The number of para-hydroxylation sites is 1. The number of anilines is 1. The van der Waals surface area contributed by atoms with Crippen molar-refractivity contribution in [3.8, 4) is 11.5 Å². The molecule has 0 atom stereocenters. The van der Waals surface area contributed by atoms with Gasteiger partial charge >= 0.3 is 0 Å². The van der Waals surface area contributed by atoms with Crippen LogP contribution in [0.3, 0.4) is 0 Å². The fourth-order valence-electron chi connectivity index (χ4n) is 3.00. The van der Waals surface area contributed by atoms with E-state index in [0.717, 1.165) is 0 Å². The molecule has 0 aromatic heterocycles. The number of amides is 2. The Bertz CT molecular complexity index is 1190. The number of halogens is 2. The van der Waals surface area contributed by atoms with Gasteiger partial charge in [-0.05, 0) is 78.5 Å². The average molecular weight is 469 g/mol. The first kappa shape index (κ1) is 21.1. The lowest BCUT2D eigenvalue weighted by Crippen LogP contribution is -2.54. The van der Waals surface area contributed by atoms with Crippen LogP contribution in [-0.2, 0) is 9.59 Å². The molecule has 5 nitrogen and oxygen atoms in total. The van der Waals surface area contributed by atoms with Crippen LogP contribution in [0.1, 0.15) is 5.56 Å². The van der Waals surface area contributed by atoms with Crippen molar-refractivity contribution in [3.05, 3.63) is 94.0 Å². The summed E-state index contributed by atoms with van der Waals surface area (Å²) >= 11 is 17.3. The molecule has 8 heteroatoms. The second-order valence-electron chi connectivity index (χ2n) is 6.57. The van der Waals surface area contributed by atoms with E-state index < -0.39 is 11.8 Å². The van der Waals surface area contributed by atoms with Gasteiger partial charge in [-0.2, -0.15) is 0 Å². The molecule has 1 aliphatic heterocycles. The van der Waals surface area contributed by atoms with Crippen LogP contribution in [-0.4, -0.2) is 16.9 Å². The number of benzene rings is 3. The Labute approximate surface area is 193 Å². The first-order valence-electron chi connectivity index (χ1n) is 9.11. The molecule has 0 bridgehead atoms. The zero-order chi connectivity index (χ0) is 22.0. The third-order valence-corrected chi connectivity index (χ3v) is 5.09. The SMILES string of the molecule is O=C1NC(=S)N(c2ccc(Oc3ccccc3)cc2)C(=O)/C1=C/c1cc(Cl)cc(Cl)c1. The summed E-state index contributed by atoms with van der Waals surface area (Å²) in [6.45, 7) is 0. The van der Waals surface area contributed by atoms with Crippen LogP contribution in [0.25, 0.3) is 6.08 Å². The van der Waals surface area contributed by atoms with E-state index in [9.17, 15) is 9.59 Å². The molecule has 2 amide bonds. The first-order valence-corrected chi connectivity index (χ1v) is 10.3. The summed E-state index contributed by atoms with van der Waals surface area (Å²) in [5, 5.41) is 3.32. The van der Waals surface area contributed by atoms with E-state index in [2.05, 4.69) is 5.32 Å². The number of nitrogens with zero attached hydrogens (tertiary/aromatic N) is 1. The van der Waals surface area contributed by atoms with Gasteiger partial charge in [0.05, 0.1) is 5.69 Å². The summed E-state index contributed by atoms with van der Waals surface area (Å²) in [5.74, 6) is 0.143. The zero-order valence-electron chi connectivity index (χ0n) is 15.8. The maximum absolute atomic E-state index is 13.1. The highest BCUT2D eigenvalue weighted by Crippen LogP contribution is 2.28. The topological polar surface area (TPSA) is 58.6 Å². The normalized spacial score (nSPS) is 15.2. The van der Waals surface area contributed by atoms with Crippen molar-refractivity contribution in [2.45, 2.75) is 0 Å². The van der Waals surface area contributed by atoms with E-state index in [0.29, 0.717) is 32.8 Å². The smallest absolute Gasteiger partial charge is 0.270 e. The third kappa shape index (κ3) is 4.77. The lowest BCUT2D eigenvalue weighted by atomic mass is 10.1. The van der Waals surface area contributed by atoms with Gasteiger partial charge in [0.1, 0.15) is 17.1 Å². The second-order valence-corrected chi connectivity index (χ2v) is 7.83. The second kappa shape index (κ2) is 8.89. The van der Waals surface area contributed by atoms with Crippen molar-refractivity contribution in [2.75, 3.05) is 4.90 Å². The quantitative estimate of drug-likeness (QED) is 0.306. The maximum Gasteiger partial charge on any atom is 0.270 e. The fourth-order valence-corrected chi connectivity index (χ4v) is 3.83. The van der Waals surface area contributed by atoms with Crippen LogP contribution >= 0.6 is 35.4 Å². The van der Waals surface area contributed by atoms with Gasteiger partial charge in [0, 0.05) is 10.0 Å². The van der Waals surface area contributed by atoms with Crippen molar-refractivity contribution in [3.63, 3.8) is 0 Å². The number of thiocarbonyl (C=S) groups is 1. The van der Waals surface area contributed by atoms with E-state index in [-0.39, 0.29) is 10.7 Å². The Morgan fingerprint density at radius 1 is 0.871 bits per heavy atom. The Morgan fingerprint density at radius 3 is 2.13 bits per heavy atom. The van der Waals surface area contributed by atoms with Crippen LogP contribution < -0.4 is 15.0 Å². The van der Waals surface area contributed by atoms with E-state index in [1.54, 1.807) is 42.5 Å². The summed E-state index contributed by atoms with van der Waals surface area (Å²) in [7, 11) is 0. The fraction of sp³-hybridized carbons (Fsp3) is 0. The van der Waals surface area contributed by atoms with Gasteiger partial charge in [-0.1, -0.05) is 41.4 Å². The zero-order valence-corrected chi connectivity index (χ0v) is 18.2. The van der Waals surface area contributed by atoms with Crippen LogP contribution in [0.5, 0.6) is 11.5 Å². The van der Waals surface area contributed by atoms with Crippen molar-refractivity contribution in [1.82, 2.24) is 5.32 Å². The lowest BCUT2D eigenvalue weighted by molar-refractivity contribution is -0.122. The summed E-state index contributed by atoms with van der Waals surface area (Å²) in [4.78, 5) is 26.8. The van der Waals surface area contributed by atoms with Crippen LogP contribution in [0.2, 0.25) is 10.0 Å². The molecule has 0 aliphatic carbocycles. The molecular weight excluding hydrogens is 455 g/mol. The van der Waals surface area contributed by atoms with Gasteiger partial charge < -0.3 is 4.74 Å². The highest BCUT2D eigenvalue weighted by atomic mass is 35.5. The van der Waals surface area contributed by atoms with Crippen molar-refractivity contribution >= 4 is 64.1 Å². The molecule has 0 unspecified atom stereocenters. The van der Waals surface area contributed by atoms with Crippen LogP contribution in [0, 0.1) is 0 Å². The molecule has 4 rings (SSSR count). The minimum atomic E-state index is -0.591. The van der Waals surface area contributed by atoms with Crippen molar-refractivity contribution in [1.29, 1.82) is 0 Å². The van der Waals surface area contributed by atoms with Gasteiger partial charge in [-0.25, -0.2) is 0 Å². The van der Waals surface area contributed by atoms with Gasteiger partial charge in [-0.15, -0.1) is 0 Å². The molecule has 1 N–H and O–H groups in total. The Morgan fingerprint density at radius 2 is 1.48 bits per heavy atom. The molecule has 1 saturated heterocycles. The molecule has 31 heavy (non-hydrogen) atoms. The highest BCUT2D eigenvalue weighted by Gasteiger charge is 2.34. The molecule has 1 aliphatic rings. The average Bonchev–Trinajstić information content (AvgIpc) is 2.72. The van der Waals surface area contributed by atoms with Crippen LogP contribution in [0.15, 0.2) is 78.4 Å². The van der Waals surface area contributed by atoms with Crippen molar-refractivity contribution in [2.24, 2.45) is 0 Å². The van der Waals surface area contributed by atoms with E-state index in [1.807, 2.05) is 30.3 Å². The number of hydrogen-bond acceptors (Lipinski definition) is 4. The standard InChI is InChI=1S/C23H14Cl2N2O3S/c24-15-10-14(11-16(25)13-15)12-20-21(28)26-23(31)27(22(20)29)17-6-8-19(9-7-17)30-18-4-2-1-3-5-18/h1-13H,(H,26,28,31)/b20-12+. The van der Waals surface area contributed by atoms with Crippen molar-refractivity contribution < 1.29 is 14.3 Å². The molecule has 1 fully saturated rings. The maximum atomic E-state index is 13.1. The highest BCUT2D eigenvalue weighted by molar-refractivity contribution is 7.80. The van der Waals surface area contributed by atoms with E-state index in [1.165, 1.54) is 11.0 Å². The minimum absolute atomic E-state index is 0.00648. The summed E-state index contributed by atoms with van der Waals surface area (Å²) in [5.41, 5.74) is 0.928. The molecule has 3 aromatic carbocycles. The molecule has 0 saturated carbocycles. The monoisotopic (exact) mass is 468 g/mol. The largest absolute Gasteiger partial charge is 0.457 e. The van der Waals surface area contributed by atoms with Gasteiger partial charge in [0.15, 0.2) is 5.11 Å². The molecule has 3 aromatic rings. The number of rotatable bonds is 4. The van der Waals surface area contributed by atoms with Gasteiger partial charge in [0.2, 0.25) is 0 Å². The summed E-state index contributed by atoms with van der Waals surface area (Å²) in [6.07, 6.45) is 1.43. The van der Waals surface area contributed by atoms with E-state index >= 15 is 0 Å². The van der Waals surface area contributed by atoms with E-state index in [4.69, 9.17) is 40.2 Å². The third-order valence-electron chi connectivity index (χ3n) is 4.37. The molecule has 0 spiro atoms. The number of carbonyl (C=O) groups excluding carboxylic acids is 2. The number of nitrogens with one attached hydrogen (secondary N) is 1. The summed E-state index contributed by atoms with van der Waals surface area (Å²) in [6, 6.07) is 20.9. The molecule has 154 valence electrons. The number of ether oxygens (including phenoxy) is 1. The minimum Gasteiger partial charge on any atom is -0.457 e. The van der Waals surface area contributed by atoms with Gasteiger partial charge in [-0.3, -0.25) is 19.8 Å². The number of carbonyl (C=O) groups is 2. The number of hydrogen-bond donors (Lipinski definition) is 1.